The van der Waals surface area contributed by atoms with E-state index in [4.69, 9.17) is 10.00 Å². The Hall–Kier alpha value is -2.43. The van der Waals surface area contributed by atoms with E-state index in [2.05, 4.69) is 18.8 Å². The van der Waals surface area contributed by atoms with E-state index in [0.717, 1.165) is 41.5 Å². The molecule has 4 heteroatoms. The van der Waals surface area contributed by atoms with Gasteiger partial charge in [-0.2, -0.15) is 5.26 Å². The normalized spacial score (nSPS) is 9.71. The van der Waals surface area contributed by atoms with E-state index in [1.165, 1.54) is 6.07 Å². The molecule has 0 bridgehead atoms. The number of nitrogens with zero attached hydrogens (tertiary/aromatic N) is 1. The van der Waals surface area contributed by atoms with Crippen LogP contribution >= 0.6 is 11.8 Å². The monoisotopic (exact) mass is 339 g/mol. The maximum Gasteiger partial charge on any atom is 0.166 e. The lowest BCUT2D eigenvalue weighted by atomic mass is 10.1. The highest BCUT2D eigenvalue weighted by Crippen LogP contribution is 2.19. The Morgan fingerprint density at radius 3 is 2.42 bits per heavy atom. The van der Waals surface area contributed by atoms with Crippen molar-refractivity contribution in [2.24, 2.45) is 0 Å². The molecule has 0 aliphatic rings. The Morgan fingerprint density at radius 2 is 1.75 bits per heavy atom. The number of hydrogen-bond acceptors (Lipinski definition) is 3. The smallest absolute Gasteiger partial charge is 0.166 e. The minimum atomic E-state index is -0.390. The van der Waals surface area contributed by atoms with Crippen LogP contribution in [0.15, 0.2) is 47.4 Å². The standard InChI is InChI=1S/C20H18FNOS/c1-2-3-4-13-23-20-12-9-17(14-19(20)21)6-5-16-7-10-18(11-8-16)24-15-22/h7-12,14H,2-4,13H2,1H3. The zero-order valence-corrected chi connectivity index (χ0v) is 14.3. The van der Waals surface area contributed by atoms with Gasteiger partial charge in [-0.1, -0.05) is 31.6 Å². The average Bonchev–Trinajstić information content (AvgIpc) is 2.60. The first-order valence-electron chi connectivity index (χ1n) is 7.83. The van der Waals surface area contributed by atoms with E-state index in [-0.39, 0.29) is 11.6 Å². The second-order valence-corrected chi connectivity index (χ2v) is 6.03. The molecule has 0 saturated carbocycles. The third kappa shape index (κ3) is 5.65. The van der Waals surface area contributed by atoms with Crippen molar-refractivity contribution in [3.8, 4) is 23.0 Å². The molecule has 0 fully saturated rings. The zero-order valence-electron chi connectivity index (χ0n) is 13.5. The van der Waals surface area contributed by atoms with Crippen LogP contribution in [-0.4, -0.2) is 6.61 Å². The summed E-state index contributed by atoms with van der Waals surface area (Å²) >= 11 is 1.11. The summed E-state index contributed by atoms with van der Waals surface area (Å²) in [5.74, 6) is 5.81. The topological polar surface area (TPSA) is 33.0 Å². The van der Waals surface area contributed by atoms with Crippen molar-refractivity contribution in [2.45, 2.75) is 31.1 Å². The molecule has 0 aliphatic carbocycles. The van der Waals surface area contributed by atoms with E-state index >= 15 is 0 Å². The SMILES string of the molecule is CCCCCOc1ccc(C#Cc2ccc(SC#N)cc2)cc1F. The second kappa shape index (κ2) is 9.65. The lowest BCUT2D eigenvalue weighted by Gasteiger charge is -2.06. The van der Waals surface area contributed by atoms with Gasteiger partial charge in [-0.25, -0.2) is 4.39 Å². The Labute approximate surface area is 146 Å². The molecular weight excluding hydrogens is 321 g/mol. The molecule has 2 rings (SSSR count). The van der Waals surface area contributed by atoms with Crippen LogP contribution < -0.4 is 4.74 Å². The molecule has 0 N–H and O–H groups in total. The molecule has 2 aromatic rings. The first kappa shape index (κ1) is 17.9. The fourth-order valence-corrected chi connectivity index (χ4v) is 2.41. The third-order valence-corrected chi connectivity index (χ3v) is 3.91. The van der Waals surface area contributed by atoms with Crippen LogP contribution in [0.3, 0.4) is 0 Å². The van der Waals surface area contributed by atoms with Crippen molar-refractivity contribution in [1.29, 1.82) is 5.26 Å². The summed E-state index contributed by atoms with van der Waals surface area (Å²) in [6.07, 6.45) is 3.12. The van der Waals surface area contributed by atoms with Crippen LogP contribution in [0.1, 0.15) is 37.3 Å². The van der Waals surface area contributed by atoms with Crippen LogP contribution in [0.25, 0.3) is 0 Å². The number of nitriles is 1. The molecule has 0 atom stereocenters. The fraction of sp³-hybridized carbons (Fsp3) is 0.250. The number of benzene rings is 2. The lowest BCUT2D eigenvalue weighted by molar-refractivity contribution is 0.291. The lowest BCUT2D eigenvalue weighted by Crippen LogP contribution is -1.99. The molecule has 0 unspecified atom stereocenters. The number of thiocyanates is 1. The molecule has 2 nitrogen and oxygen atoms in total. The summed E-state index contributed by atoms with van der Waals surface area (Å²) in [6, 6.07) is 12.1. The highest BCUT2D eigenvalue weighted by molar-refractivity contribution is 8.03. The second-order valence-electron chi connectivity index (χ2n) is 5.17. The van der Waals surface area contributed by atoms with Gasteiger partial charge in [-0.05, 0) is 60.6 Å². The first-order valence-corrected chi connectivity index (χ1v) is 8.65. The van der Waals surface area contributed by atoms with E-state index in [1.54, 1.807) is 12.1 Å². The maximum atomic E-state index is 14.0. The van der Waals surface area contributed by atoms with Crippen LogP contribution in [-0.2, 0) is 0 Å². The van der Waals surface area contributed by atoms with Crippen molar-refractivity contribution < 1.29 is 9.13 Å². The van der Waals surface area contributed by atoms with Gasteiger partial charge < -0.3 is 4.74 Å². The Morgan fingerprint density at radius 1 is 1.04 bits per heavy atom. The zero-order chi connectivity index (χ0) is 17.2. The third-order valence-electron chi connectivity index (χ3n) is 3.31. The van der Waals surface area contributed by atoms with E-state index in [1.807, 2.05) is 29.7 Å². The van der Waals surface area contributed by atoms with Crippen molar-refractivity contribution in [3.05, 3.63) is 59.4 Å². The summed E-state index contributed by atoms with van der Waals surface area (Å²) in [7, 11) is 0. The van der Waals surface area contributed by atoms with E-state index in [0.29, 0.717) is 12.2 Å². The Kier molecular flexibility index (Phi) is 7.21. The van der Waals surface area contributed by atoms with Gasteiger partial charge in [-0.3, -0.25) is 0 Å². The molecule has 0 amide bonds. The van der Waals surface area contributed by atoms with Gasteiger partial charge in [0.2, 0.25) is 0 Å². The van der Waals surface area contributed by atoms with Gasteiger partial charge in [0.1, 0.15) is 5.40 Å². The van der Waals surface area contributed by atoms with Gasteiger partial charge in [0, 0.05) is 16.0 Å². The van der Waals surface area contributed by atoms with Crippen molar-refractivity contribution in [3.63, 3.8) is 0 Å². The molecule has 0 aliphatic heterocycles. The number of rotatable bonds is 6. The number of halogens is 1. The summed E-state index contributed by atoms with van der Waals surface area (Å²) in [4.78, 5) is 0.874. The maximum absolute atomic E-state index is 14.0. The number of unbranched alkanes of at least 4 members (excludes halogenated alkanes) is 2. The van der Waals surface area contributed by atoms with Gasteiger partial charge in [0.15, 0.2) is 11.6 Å². The van der Waals surface area contributed by atoms with Crippen LogP contribution in [0, 0.1) is 28.3 Å². The van der Waals surface area contributed by atoms with Gasteiger partial charge >= 0.3 is 0 Å². The minimum Gasteiger partial charge on any atom is -0.491 e. The molecule has 0 heterocycles. The molecular formula is C20H18FNOS. The Balaban J connectivity index is 2.01. The number of ether oxygens (including phenoxy) is 1. The highest BCUT2D eigenvalue weighted by Gasteiger charge is 2.03. The van der Waals surface area contributed by atoms with Crippen LogP contribution in [0.5, 0.6) is 5.75 Å². The molecule has 24 heavy (non-hydrogen) atoms. The Bertz CT molecular complexity index is 769. The molecule has 2 aromatic carbocycles. The van der Waals surface area contributed by atoms with Gasteiger partial charge in [0.05, 0.1) is 6.61 Å². The highest BCUT2D eigenvalue weighted by atomic mass is 32.2. The first-order chi connectivity index (χ1) is 11.7. The number of thioether (sulfide) groups is 1. The van der Waals surface area contributed by atoms with Crippen molar-refractivity contribution >= 4 is 11.8 Å². The number of hydrogen-bond donors (Lipinski definition) is 0. The summed E-state index contributed by atoms with van der Waals surface area (Å²) in [5, 5.41) is 10.6. The molecule has 0 aromatic heterocycles. The van der Waals surface area contributed by atoms with Gasteiger partial charge in [0.25, 0.3) is 0 Å². The molecule has 122 valence electrons. The average molecular weight is 339 g/mol. The van der Waals surface area contributed by atoms with Crippen molar-refractivity contribution in [1.82, 2.24) is 0 Å². The summed E-state index contributed by atoms with van der Waals surface area (Å²) < 4.78 is 19.4. The van der Waals surface area contributed by atoms with Crippen LogP contribution in [0.2, 0.25) is 0 Å². The summed E-state index contributed by atoms with van der Waals surface area (Å²) in [5.41, 5.74) is 1.42. The van der Waals surface area contributed by atoms with E-state index in [9.17, 15) is 4.39 Å². The van der Waals surface area contributed by atoms with Gasteiger partial charge in [-0.15, -0.1) is 0 Å². The summed E-state index contributed by atoms with van der Waals surface area (Å²) in [6.45, 7) is 2.65. The largest absolute Gasteiger partial charge is 0.491 e. The molecule has 0 spiro atoms. The van der Waals surface area contributed by atoms with E-state index < -0.39 is 0 Å². The quantitative estimate of drug-likeness (QED) is 0.307. The predicted octanol–water partition coefficient (Wildman–Crippen LogP) is 5.37. The minimum absolute atomic E-state index is 0.273. The fourth-order valence-electron chi connectivity index (χ4n) is 2.03. The van der Waals surface area contributed by atoms with Crippen molar-refractivity contribution in [2.75, 3.05) is 6.61 Å². The molecule has 0 radical (unpaired) electrons. The predicted molar refractivity (Wildman–Crippen MR) is 95.3 cm³/mol. The molecule has 0 saturated heterocycles. The van der Waals surface area contributed by atoms with Crippen LogP contribution in [0.4, 0.5) is 4.39 Å².